The van der Waals surface area contributed by atoms with E-state index in [0.29, 0.717) is 18.8 Å². The summed E-state index contributed by atoms with van der Waals surface area (Å²) < 4.78 is 40.2. The topological polar surface area (TPSA) is 113 Å². The number of hydrogen-bond donors (Lipinski definition) is 2. The molecule has 3 aromatic rings. The van der Waals surface area contributed by atoms with Crippen molar-refractivity contribution in [3.05, 3.63) is 77.4 Å². The first-order valence-electron chi connectivity index (χ1n) is 11.2. The van der Waals surface area contributed by atoms with Crippen molar-refractivity contribution in [2.75, 3.05) is 13.1 Å². The number of carbonyl (C=O) groups excluding carboxylic acids is 2. The van der Waals surface area contributed by atoms with Crippen molar-refractivity contribution >= 4 is 21.8 Å². The molecule has 0 radical (unpaired) electrons. The summed E-state index contributed by atoms with van der Waals surface area (Å²) in [6, 6.07) is 9.87. The fraction of sp³-hybridized carbons (Fsp3) is 0.240. The van der Waals surface area contributed by atoms with Crippen LogP contribution in [-0.2, 0) is 14.8 Å². The second kappa shape index (κ2) is 10.3. The van der Waals surface area contributed by atoms with Crippen LogP contribution in [0.15, 0.2) is 59.8 Å². The Balaban J connectivity index is 1.46. The first kappa shape index (κ1) is 25.1. The molecule has 2 heterocycles. The molecule has 1 aliphatic heterocycles. The molecule has 9 nitrogen and oxygen atoms in total. The normalized spacial score (nSPS) is 14.3. The van der Waals surface area contributed by atoms with Gasteiger partial charge in [0.15, 0.2) is 0 Å². The highest BCUT2D eigenvalue weighted by Crippen LogP contribution is 2.28. The third-order valence-electron chi connectivity index (χ3n) is 5.99. The van der Waals surface area contributed by atoms with E-state index in [1.54, 1.807) is 34.8 Å². The largest absolute Gasteiger partial charge is 0.332 e. The van der Waals surface area contributed by atoms with Crippen molar-refractivity contribution in [3.63, 3.8) is 0 Å². The number of hydrogen-bond acceptors (Lipinski definition) is 5. The van der Waals surface area contributed by atoms with Crippen LogP contribution in [-0.4, -0.2) is 48.0 Å². The summed E-state index contributed by atoms with van der Waals surface area (Å²) >= 11 is 0. The van der Waals surface area contributed by atoms with Gasteiger partial charge >= 0.3 is 0 Å². The molecule has 0 spiro atoms. The van der Waals surface area contributed by atoms with E-state index < -0.39 is 26.6 Å². The Morgan fingerprint density at radius 1 is 1.17 bits per heavy atom. The van der Waals surface area contributed by atoms with Gasteiger partial charge in [0.05, 0.1) is 11.9 Å². The number of nitrogens with one attached hydrogen (secondary N) is 2. The average molecular weight is 510 g/mol. The quantitative estimate of drug-likeness (QED) is 0.391. The minimum atomic E-state index is -4.30. The molecule has 1 saturated heterocycles. The van der Waals surface area contributed by atoms with Crippen molar-refractivity contribution in [2.45, 2.75) is 30.6 Å². The van der Waals surface area contributed by atoms with Crippen LogP contribution in [0.1, 0.15) is 40.2 Å². The van der Waals surface area contributed by atoms with Crippen LogP contribution in [0.5, 0.6) is 0 Å². The maximum Gasteiger partial charge on any atom is 0.298 e. The Morgan fingerprint density at radius 3 is 2.58 bits per heavy atom. The first-order valence-corrected chi connectivity index (χ1v) is 12.6. The van der Waals surface area contributed by atoms with E-state index in [4.69, 9.17) is 6.42 Å². The van der Waals surface area contributed by atoms with Crippen LogP contribution >= 0.6 is 0 Å². The van der Waals surface area contributed by atoms with Crippen molar-refractivity contribution in [2.24, 2.45) is 0 Å². The van der Waals surface area contributed by atoms with Crippen LogP contribution in [0.3, 0.4) is 0 Å². The van der Waals surface area contributed by atoms with Crippen LogP contribution in [0.25, 0.3) is 5.69 Å². The summed E-state index contributed by atoms with van der Waals surface area (Å²) in [5.41, 5.74) is 4.70. The summed E-state index contributed by atoms with van der Waals surface area (Å²) in [4.78, 5) is 27.4. The Hall–Kier alpha value is -4.01. The Morgan fingerprint density at radius 2 is 1.89 bits per heavy atom. The lowest BCUT2D eigenvalue weighted by Gasteiger charge is -2.30. The van der Waals surface area contributed by atoms with Gasteiger partial charge in [-0.25, -0.2) is 17.5 Å². The molecule has 2 aromatic carbocycles. The first-order chi connectivity index (χ1) is 17.2. The minimum Gasteiger partial charge on any atom is -0.332 e. The molecule has 0 atom stereocenters. The molecule has 1 fully saturated rings. The van der Waals surface area contributed by atoms with Gasteiger partial charge in [-0.3, -0.25) is 15.0 Å². The van der Waals surface area contributed by atoms with E-state index in [0.717, 1.165) is 36.1 Å². The van der Waals surface area contributed by atoms with E-state index in [9.17, 15) is 22.4 Å². The number of halogens is 1. The molecule has 0 saturated carbocycles. The summed E-state index contributed by atoms with van der Waals surface area (Å²) in [6.07, 6.45) is 10.4. The predicted molar refractivity (Wildman–Crippen MR) is 130 cm³/mol. The smallest absolute Gasteiger partial charge is 0.298 e. The number of carbonyl (C=O) groups is 2. The summed E-state index contributed by atoms with van der Waals surface area (Å²) in [5.74, 6) is 0.428. The van der Waals surface area contributed by atoms with E-state index in [-0.39, 0.29) is 17.4 Å². The fourth-order valence-corrected chi connectivity index (χ4v) is 5.05. The number of terminal acetylenes is 1. The number of benzene rings is 2. The molecule has 36 heavy (non-hydrogen) atoms. The zero-order chi connectivity index (χ0) is 25.9. The predicted octanol–water partition coefficient (Wildman–Crippen LogP) is 2.28. The standard InChI is InChI=1S/C25H24FN5O4S/c1-3-24(32)30-10-8-18(9-11-30)20-15-27-31(16-20)21-13-17(2)12-19(14-21)25(33)28-29-36(34,35)23-7-5-4-6-22(23)26/h1,4-7,12-16,18,29H,8-11H2,2H3,(H,28,33). The van der Waals surface area contributed by atoms with Crippen LogP contribution < -0.4 is 10.3 Å². The zero-order valence-corrected chi connectivity index (χ0v) is 20.3. The molecular formula is C25H24FN5O4S. The second-order valence-corrected chi connectivity index (χ2v) is 10.1. The van der Waals surface area contributed by atoms with E-state index >= 15 is 0 Å². The number of piperidine rings is 1. The number of rotatable bonds is 6. The lowest BCUT2D eigenvalue weighted by atomic mass is 9.91. The number of hydrazine groups is 1. The summed E-state index contributed by atoms with van der Waals surface area (Å²) in [6.45, 7) is 2.96. The van der Waals surface area contributed by atoms with Crippen LogP contribution in [0.2, 0.25) is 0 Å². The van der Waals surface area contributed by atoms with Crippen molar-refractivity contribution in [1.82, 2.24) is 24.9 Å². The molecule has 4 rings (SSSR count). The van der Waals surface area contributed by atoms with Crippen LogP contribution in [0.4, 0.5) is 4.39 Å². The zero-order valence-electron chi connectivity index (χ0n) is 19.4. The average Bonchev–Trinajstić information content (AvgIpc) is 3.37. The number of nitrogens with zero attached hydrogens (tertiary/aromatic N) is 3. The molecule has 0 bridgehead atoms. The monoisotopic (exact) mass is 509 g/mol. The Kier molecular flexibility index (Phi) is 7.19. The van der Waals surface area contributed by atoms with E-state index in [1.165, 1.54) is 12.1 Å². The molecule has 1 aliphatic rings. The van der Waals surface area contributed by atoms with Gasteiger partial charge in [0, 0.05) is 24.8 Å². The summed E-state index contributed by atoms with van der Waals surface area (Å²) in [5, 5.41) is 4.43. The maximum absolute atomic E-state index is 13.9. The lowest BCUT2D eigenvalue weighted by molar-refractivity contribution is -0.126. The van der Waals surface area contributed by atoms with E-state index in [2.05, 4.69) is 16.4 Å². The van der Waals surface area contributed by atoms with Gasteiger partial charge in [-0.05, 0) is 73.1 Å². The minimum absolute atomic E-state index is 0.194. The highest BCUT2D eigenvalue weighted by Gasteiger charge is 2.24. The number of sulfonamides is 1. The molecule has 0 aliphatic carbocycles. The third-order valence-corrected chi connectivity index (χ3v) is 7.27. The maximum atomic E-state index is 13.9. The van der Waals surface area contributed by atoms with Gasteiger partial charge in [-0.15, -0.1) is 11.3 Å². The lowest BCUT2D eigenvalue weighted by Crippen LogP contribution is -2.41. The Labute approximate surface area is 208 Å². The van der Waals surface area contributed by atoms with Crippen molar-refractivity contribution in [1.29, 1.82) is 0 Å². The highest BCUT2D eigenvalue weighted by atomic mass is 32.2. The molecule has 0 unspecified atom stereocenters. The van der Waals surface area contributed by atoms with Crippen molar-refractivity contribution < 1.29 is 22.4 Å². The van der Waals surface area contributed by atoms with Gasteiger partial charge in [-0.2, -0.15) is 5.10 Å². The molecule has 2 N–H and O–H groups in total. The highest BCUT2D eigenvalue weighted by molar-refractivity contribution is 7.89. The van der Waals surface area contributed by atoms with E-state index in [1.807, 2.05) is 17.1 Å². The van der Waals surface area contributed by atoms with Crippen LogP contribution in [0, 0.1) is 25.1 Å². The summed E-state index contributed by atoms with van der Waals surface area (Å²) in [7, 11) is -4.30. The Bertz CT molecular complexity index is 1450. The molecule has 1 aromatic heterocycles. The van der Waals surface area contributed by atoms with Crippen molar-refractivity contribution in [3.8, 4) is 18.0 Å². The number of aromatic nitrogens is 2. The number of amides is 2. The fourth-order valence-electron chi connectivity index (χ4n) is 4.13. The van der Waals surface area contributed by atoms with Gasteiger partial charge < -0.3 is 4.90 Å². The SMILES string of the molecule is C#CC(=O)N1CCC(c2cnn(-c3cc(C)cc(C(=O)NNS(=O)(=O)c4ccccc4F)c3)c2)CC1. The van der Waals surface area contributed by atoms with Gasteiger partial charge in [0.2, 0.25) is 0 Å². The third kappa shape index (κ3) is 5.45. The molecule has 186 valence electrons. The second-order valence-electron chi connectivity index (χ2n) is 8.48. The number of aryl methyl sites for hydroxylation is 1. The number of likely N-dealkylation sites (tertiary alicyclic amines) is 1. The van der Waals surface area contributed by atoms with Gasteiger partial charge in [0.25, 0.3) is 21.8 Å². The van der Waals surface area contributed by atoms with Gasteiger partial charge in [-0.1, -0.05) is 12.1 Å². The molecule has 2 amide bonds. The molecule has 11 heteroatoms. The molecular weight excluding hydrogens is 485 g/mol. The van der Waals surface area contributed by atoms with Gasteiger partial charge in [0.1, 0.15) is 10.7 Å².